The number of benzene rings is 5. The summed E-state index contributed by atoms with van der Waals surface area (Å²) in [5, 5.41) is 57.7. The third-order valence-electron chi connectivity index (χ3n) is 9.06. The number of nitrogens with zero attached hydrogens (tertiary/aromatic N) is 2. The number of carbonyl (C=O) groups is 7. The van der Waals surface area contributed by atoms with Crippen LogP contribution in [0.25, 0.3) is 32.7 Å². The predicted octanol–water partition coefficient (Wildman–Crippen LogP) is 5.89. The Morgan fingerprint density at radius 1 is 0.544 bits per heavy atom. The first-order chi connectivity index (χ1) is 36.6. The van der Waals surface area contributed by atoms with E-state index in [4.69, 9.17) is 25.2 Å². The molecule has 0 bridgehead atoms. The molecule has 0 spiro atoms. The number of carboxylic acid groups (broad SMARTS) is 3. The molecule has 23 nitrogen and oxygen atoms in total. The number of nitrogens with one attached hydrogen (secondary N) is 3. The van der Waals surface area contributed by atoms with E-state index in [1.807, 2.05) is 66.9 Å². The van der Waals surface area contributed by atoms with Gasteiger partial charge in [0.05, 0.1) is 29.7 Å². The van der Waals surface area contributed by atoms with Crippen LogP contribution in [0.2, 0.25) is 0 Å². The summed E-state index contributed by atoms with van der Waals surface area (Å²) in [6, 6.07) is 40.9. The number of ether oxygens (including phenoxy) is 3. The molecule has 3 aromatic heterocycles. The quantitative estimate of drug-likeness (QED) is 0.0232. The summed E-state index contributed by atoms with van der Waals surface area (Å²) in [6.07, 6.45) is 1.63. The summed E-state index contributed by atoms with van der Waals surface area (Å²) < 4.78 is 13.2. The number of aryl methyl sites for hydroxylation is 1. The number of carboxylic acids is 3. The van der Waals surface area contributed by atoms with Gasteiger partial charge in [0, 0.05) is 91.0 Å². The van der Waals surface area contributed by atoms with Crippen LogP contribution in [0, 0.1) is 27.2 Å². The van der Waals surface area contributed by atoms with E-state index in [0.717, 1.165) is 28.7 Å². The molecule has 0 unspecified atom stereocenters. The summed E-state index contributed by atoms with van der Waals surface area (Å²) in [7, 11) is 0. The van der Waals surface area contributed by atoms with E-state index in [1.54, 1.807) is 71.0 Å². The minimum absolute atomic E-state index is 0. The first-order valence-corrected chi connectivity index (χ1v) is 23.0. The third kappa shape index (κ3) is 28.5. The Morgan fingerprint density at radius 2 is 0.899 bits per heavy atom. The molecule has 0 fully saturated rings. The van der Waals surface area contributed by atoms with Crippen molar-refractivity contribution >= 4 is 85.7 Å². The van der Waals surface area contributed by atoms with Crippen LogP contribution >= 0.6 is 0 Å². The van der Waals surface area contributed by atoms with E-state index >= 15 is 0 Å². The molecule has 79 heavy (non-hydrogen) atoms. The van der Waals surface area contributed by atoms with Crippen LogP contribution in [0.3, 0.4) is 0 Å². The van der Waals surface area contributed by atoms with Crippen molar-refractivity contribution in [2.45, 2.75) is 48.0 Å². The molecular weight excluding hydrogens is 1090 g/mol. The predicted molar refractivity (Wildman–Crippen MR) is 284 cm³/mol. The summed E-state index contributed by atoms with van der Waals surface area (Å²) in [4.78, 5) is 102. The number of H-pyrrole nitrogens is 3. The number of ketones is 1. The molecule has 8 rings (SSSR count). The number of esters is 3. The number of aromatic carboxylic acids is 2. The zero-order valence-electron chi connectivity index (χ0n) is 44.5. The first-order valence-electron chi connectivity index (χ1n) is 23.0. The van der Waals surface area contributed by atoms with E-state index in [1.165, 1.54) is 35.2 Å². The number of aromatic amines is 3. The van der Waals surface area contributed by atoms with Gasteiger partial charge in [0.15, 0.2) is 0 Å². The van der Waals surface area contributed by atoms with Gasteiger partial charge in [-0.1, -0.05) is 97.9 Å². The van der Waals surface area contributed by atoms with Crippen molar-refractivity contribution < 1.29 is 129 Å². The van der Waals surface area contributed by atoms with Crippen LogP contribution in [0.5, 0.6) is 0 Å². The van der Waals surface area contributed by atoms with Gasteiger partial charge in [-0.05, 0) is 69.5 Å². The number of nitro benzene ring substituents is 2. The number of aromatic nitrogens is 3. The van der Waals surface area contributed by atoms with Crippen LogP contribution in [-0.4, -0.2) is 108 Å². The van der Waals surface area contributed by atoms with Crippen LogP contribution in [-0.2, 0) is 64.1 Å². The molecular formula is C54H60N5NaO18Zn. The molecule has 0 aliphatic heterocycles. The number of hydrogen-bond acceptors (Lipinski definition) is 15. The molecule has 0 aliphatic rings. The van der Waals surface area contributed by atoms with Crippen molar-refractivity contribution in [1.82, 2.24) is 15.0 Å². The van der Waals surface area contributed by atoms with Crippen molar-refractivity contribution in [2.24, 2.45) is 0 Å². The van der Waals surface area contributed by atoms with Crippen molar-refractivity contribution in [2.75, 3.05) is 26.4 Å². The van der Waals surface area contributed by atoms with E-state index in [9.17, 15) is 49.0 Å². The number of Topliss-reactive ketones (excluding diaryl/α,β-unsaturated/α-hetero) is 1. The maximum absolute atomic E-state index is 11.4. The third-order valence-corrected chi connectivity index (χ3v) is 9.06. The Morgan fingerprint density at radius 3 is 1.27 bits per heavy atom. The number of hydrogen-bond donors (Lipinski definition) is 6. The molecule has 0 saturated carbocycles. The molecule has 5 aromatic carbocycles. The van der Waals surface area contributed by atoms with Gasteiger partial charge in [0.2, 0.25) is 5.78 Å². The Hall–Kier alpha value is -8.41. The maximum Gasteiger partial charge on any atom is 1.00 e. The Kier molecular flexibility index (Phi) is 37.5. The summed E-state index contributed by atoms with van der Waals surface area (Å²) in [5.74, 6) is -6.29. The molecule has 25 heteroatoms. The normalized spacial score (nSPS) is 9.20. The molecule has 412 valence electrons. The minimum Gasteiger partial charge on any atom is -0.855 e. The number of para-hydroxylation sites is 5. The van der Waals surface area contributed by atoms with Crippen molar-refractivity contribution in [3.63, 3.8) is 0 Å². The van der Waals surface area contributed by atoms with E-state index in [2.05, 4.69) is 47.4 Å². The Bertz CT molecular complexity index is 3000. The largest absolute Gasteiger partial charge is 1.00 e. The summed E-state index contributed by atoms with van der Waals surface area (Å²) >= 11 is 0. The van der Waals surface area contributed by atoms with Crippen LogP contribution in [0.1, 0.15) is 68.1 Å². The van der Waals surface area contributed by atoms with Gasteiger partial charge < -0.3 is 49.6 Å². The Labute approximate surface area is 489 Å². The van der Waals surface area contributed by atoms with Gasteiger partial charge in [-0.2, -0.15) is 0 Å². The SMILES string of the molecule is CC(=O)O.CCOC(=O)C(=O)Cc1ccccc1[N+](=O)[O-].CCOC(=O)C(=O)OCC.CC[O-].Cc1ccccc1[N+](=O)[O-].O=C(O)c1cc2ccccc2[nH]1.O=C(O)c1cc2ccccc2[nH]1.[2HH].[Na+].[Zn].c1ccc2[nH]ccc2c1. The number of fused-ring (bicyclic) bond motifs is 3. The zero-order chi connectivity index (χ0) is 57.9. The van der Waals surface area contributed by atoms with Crippen LogP contribution in [0.4, 0.5) is 11.4 Å². The van der Waals surface area contributed by atoms with Crippen molar-refractivity contribution in [3.8, 4) is 0 Å². The second-order valence-corrected chi connectivity index (χ2v) is 14.7. The summed E-state index contributed by atoms with van der Waals surface area (Å²) in [5.41, 5.74) is 4.30. The van der Waals surface area contributed by atoms with Gasteiger partial charge in [0.1, 0.15) is 11.4 Å². The van der Waals surface area contributed by atoms with Crippen molar-refractivity contribution in [3.05, 3.63) is 188 Å². The topological polar surface area (TPSA) is 365 Å². The van der Waals surface area contributed by atoms with Gasteiger partial charge in [-0.3, -0.25) is 29.8 Å². The first kappa shape index (κ1) is 72.7. The smallest absolute Gasteiger partial charge is 0.855 e. The minimum atomic E-state index is -0.967. The number of rotatable bonds is 10. The second kappa shape index (κ2) is 40.8. The molecule has 3 heterocycles. The maximum atomic E-state index is 11.4. The monoisotopic (exact) mass is 1150 g/mol. The standard InChI is InChI=1S/C11H11NO5.2C9H7NO2.C8H7N.C7H7NO2.C6H10O4.C2H4O2.C2H5O.Na.Zn.H2/c1-2-17-11(14)10(13)7-8-5-3-4-6-9(8)12(15)16;2*11-9(12)8-5-6-3-1-2-4-7(6)10-8;1-2-4-8-7(3-1)5-6-9-8;1-6-4-2-3-5-7(6)8(9)10;1-3-9-5(7)6(8)10-4-2;1-2(3)4;1-2-3;;;/h3-6H,2,7H2,1H3;2*1-5,10H,(H,11,12);1-6,9H;2-5H,1H3;3-4H2,1-2H3;1H3,(H,3,4);2H2,1H3;;;1H/q;;;;;;;-1;+1;;/i;;;;;;;;;;1+1. The van der Waals surface area contributed by atoms with Gasteiger partial charge in [0.25, 0.3) is 17.3 Å². The van der Waals surface area contributed by atoms with Gasteiger partial charge in [-0.25, -0.2) is 24.0 Å². The number of aliphatic carboxylic acids is 1. The molecule has 8 aromatic rings. The number of carbonyl (C=O) groups excluding carboxylic acids is 4. The molecule has 6 N–H and O–H groups in total. The fourth-order valence-corrected chi connectivity index (χ4v) is 5.82. The average Bonchev–Trinajstić information content (AvgIpc) is 4.18. The molecule has 0 radical (unpaired) electrons. The molecule has 0 amide bonds. The van der Waals surface area contributed by atoms with Gasteiger partial charge in [-0.15, -0.1) is 6.61 Å². The van der Waals surface area contributed by atoms with Gasteiger partial charge >= 0.3 is 59.4 Å². The Balaban J connectivity index is -0.000000870. The van der Waals surface area contributed by atoms with Crippen molar-refractivity contribution in [1.29, 1.82) is 0 Å². The number of nitro groups is 2. The molecule has 0 atom stereocenters. The van der Waals surface area contributed by atoms with E-state index < -0.39 is 46.5 Å². The van der Waals surface area contributed by atoms with E-state index in [0.29, 0.717) is 5.56 Å². The van der Waals surface area contributed by atoms with E-state index in [-0.39, 0.29) is 117 Å². The zero-order valence-corrected chi connectivity index (χ0v) is 49.4. The average molecular weight is 1160 g/mol. The van der Waals surface area contributed by atoms with Crippen LogP contribution < -0.4 is 34.7 Å². The fourth-order valence-electron chi connectivity index (χ4n) is 5.82. The molecule has 0 saturated heterocycles. The summed E-state index contributed by atoms with van der Waals surface area (Å²) in [6.45, 7) is 9.68. The van der Waals surface area contributed by atoms with Crippen LogP contribution in [0.15, 0.2) is 146 Å². The second-order valence-electron chi connectivity index (χ2n) is 14.7. The molecule has 0 aliphatic carbocycles. The fraction of sp³-hybridized carbons (Fsp3) is 0.204.